The second-order valence-corrected chi connectivity index (χ2v) is 15.1. The lowest BCUT2D eigenvalue weighted by molar-refractivity contribution is -0.192. The minimum atomic E-state index is -5.08. The number of fused-ring (bicyclic) bond motifs is 1. The average Bonchev–Trinajstić information content (AvgIpc) is 3.65. The summed E-state index contributed by atoms with van der Waals surface area (Å²) in [5.74, 6) is 3.09. The standard InChI is InChI=1S/C35H40FN5O7S.C2HF3O2/c1-6-48-31-18-26(28(36)19-30(31)46-4)33(41(37)25-11-9-23-20-38-14-13-22(23)16-25)34(42)40-15-7-8-29(40)27-17-24(39-35(43)47-5)10-12-32(27)49(44,45)21(2)3;3-2(4,5)1(6)7/h9-14,16-21,29,33H,6-8,15,37H2,1-5H3,(H,39,43);(H,6,7)/t29-,33-;/m1./s1. The molecule has 0 unspecified atom stereocenters. The van der Waals surface area contributed by atoms with E-state index < -0.39 is 57.1 Å². The number of likely N-dealkylation sites (tertiary alicyclic amines) is 1. The van der Waals surface area contributed by atoms with E-state index in [-0.39, 0.29) is 40.8 Å². The Morgan fingerprint density at radius 3 is 2.36 bits per heavy atom. The first kappa shape index (κ1) is 43.0. The number of halogens is 4. The van der Waals surface area contributed by atoms with Crippen LogP contribution in [-0.2, 0) is 24.2 Å². The number of carboxylic acid groups (broad SMARTS) is 1. The molecule has 1 aromatic heterocycles. The highest BCUT2D eigenvalue weighted by Gasteiger charge is 2.41. The highest BCUT2D eigenvalue weighted by molar-refractivity contribution is 7.92. The number of aromatic nitrogens is 1. The van der Waals surface area contributed by atoms with E-state index in [4.69, 9.17) is 30.0 Å². The number of hydrazine groups is 1. The summed E-state index contributed by atoms with van der Waals surface area (Å²) >= 11 is 0. The first-order valence-electron chi connectivity index (χ1n) is 17.1. The van der Waals surface area contributed by atoms with E-state index in [1.807, 2.05) is 0 Å². The molecule has 1 fully saturated rings. The number of hydrogen-bond acceptors (Lipinski definition) is 11. The van der Waals surface area contributed by atoms with Crippen LogP contribution < -0.4 is 25.6 Å². The topological polar surface area (TPSA) is 191 Å². The Kier molecular flexibility index (Phi) is 13.7. The van der Waals surface area contributed by atoms with E-state index in [0.717, 1.165) is 16.8 Å². The van der Waals surface area contributed by atoms with Crippen LogP contribution in [-0.4, -0.2) is 80.2 Å². The zero-order chi connectivity index (χ0) is 41.5. The third-order valence-corrected chi connectivity index (χ3v) is 11.0. The predicted molar refractivity (Wildman–Crippen MR) is 197 cm³/mol. The van der Waals surface area contributed by atoms with Gasteiger partial charge < -0.3 is 24.2 Å². The monoisotopic (exact) mass is 807 g/mol. The van der Waals surface area contributed by atoms with Gasteiger partial charge in [-0.05, 0) is 87.0 Å². The Morgan fingerprint density at radius 1 is 1.05 bits per heavy atom. The molecule has 0 spiro atoms. The number of rotatable bonds is 11. The summed E-state index contributed by atoms with van der Waals surface area (Å²) in [6, 6.07) is 11.9. The SMILES string of the molecule is CCOc1cc([C@H](C(=O)N2CCC[C@@H]2c2cc(NC(=O)OC)ccc2S(=O)(=O)C(C)C)N(N)c2ccc3cnccc3c2)c(F)cc1OC.O=C(O)C(F)(F)F. The maximum absolute atomic E-state index is 16.1. The molecule has 2 amide bonds. The van der Waals surface area contributed by atoms with Gasteiger partial charge in [-0.3, -0.25) is 20.1 Å². The van der Waals surface area contributed by atoms with Crippen LogP contribution >= 0.6 is 0 Å². The fourth-order valence-electron chi connectivity index (χ4n) is 6.05. The van der Waals surface area contributed by atoms with Crippen LogP contribution in [0.2, 0.25) is 0 Å². The number of methoxy groups -OCH3 is 2. The number of alkyl halides is 3. The third kappa shape index (κ3) is 9.57. The van der Waals surface area contributed by atoms with Crippen LogP contribution in [0.25, 0.3) is 10.8 Å². The third-order valence-electron chi connectivity index (χ3n) is 8.82. The van der Waals surface area contributed by atoms with Gasteiger partial charge in [0.05, 0.1) is 42.7 Å². The van der Waals surface area contributed by atoms with Crippen molar-refractivity contribution in [2.45, 2.75) is 62.0 Å². The summed E-state index contributed by atoms with van der Waals surface area (Å²) < 4.78 is 90.9. The fraction of sp³-hybridized carbons (Fsp3) is 0.351. The summed E-state index contributed by atoms with van der Waals surface area (Å²) in [4.78, 5) is 41.6. The molecule has 0 radical (unpaired) electrons. The number of amides is 2. The number of ether oxygens (including phenoxy) is 3. The Balaban J connectivity index is 0.000000908. The summed E-state index contributed by atoms with van der Waals surface area (Å²) in [6.07, 6.45) is -1.56. The Hall–Kier alpha value is -5.69. The van der Waals surface area contributed by atoms with E-state index in [1.54, 1.807) is 57.4 Å². The van der Waals surface area contributed by atoms with Gasteiger partial charge in [0.15, 0.2) is 27.4 Å². The number of sulfone groups is 1. The molecule has 302 valence electrons. The second kappa shape index (κ2) is 17.8. The molecule has 2 heterocycles. The number of anilines is 2. The molecule has 4 aromatic rings. The number of benzene rings is 3. The van der Waals surface area contributed by atoms with E-state index in [9.17, 15) is 31.2 Å². The van der Waals surface area contributed by atoms with Crippen molar-refractivity contribution in [3.63, 3.8) is 0 Å². The van der Waals surface area contributed by atoms with Crippen LogP contribution in [0.3, 0.4) is 0 Å². The van der Waals surface area contributed by atoms with Crippen molar-refractivity contribution >= 4 is 50.0 Å². The van der Waals surface area contributed by atoms with Crippen LogP contribution in [0.4, 0.5) is 33.7 Å². The van der Waals surface area contributed by atoms with Crippen molar-refractivity contribution in [3.8, 4) is 11.5 Å². The lowest BCUT2D eigenvalue weighted by atomic mass is 9.99. The lowest BCUT2D eigenvalue weighted by Crippen LogP contribution is -2.46. The second-order valence-electron chi connectivity index (χ2n) is 12.6. The van der Waals surface area contributed by atoms with Crippen molar-refractivity contribution < 1.29 is 59.7 Å². The van der Waals surface area contributed by atoms with Crippen LogP contribution in [0.5, 0.6) is 11.5 Å². The molecule has 19 heteroatoms. The minimum absolute atomic E-state index is 0.0289. The number of pyridine rings is 1. The van der Waals surface area contributed by atoms with E-state index in [1.165, 1.54) is 48.4 Å². The zero-order valence-electron chi connectivity index (χ0n) is 31.0. The average molecular weight is 808 g/mol. The molecule has 0 bridgehead atoms. The lowest BCUT2D eigenvalue weighted by Gasteiger charge is -2.35. The molecule has 56 heavy (non-hydrogen) atoms. The van der Waals surface area contributed by atoms with Crippen LogP contribution in [0, 0.1) is 5.82 Å². The predicted octanol–water partition coefficient (Wildman–Crippen LogP) is 6.56. The number of nitrogens with zero attached hydrogens (tertiary/aromatic N) is 3. The normalized spacial score (nSPS) is 14.8. The molecule has 4 N–H and O–H groups in total. The van der Waals surface area contributed by atoms with E-state index in [0.29, 0.717) is 24.1 Å². The molecule has 0 aliphatic carbocycles. The first-order chi connectivity index (χ1) is 26.3. The highest BCUT2D eigenvalue weighted by atomic mass is 32.2. The van der Waals surface area contributed by atoms with Gasteiger partial charge in [-0.2, -0.15) is 13.2 Å². The number of nitrogens with one attached hydrogen (secondary N) is 1. The van der Waals surface area contributed by atoms with E-state index >= 15 is 4.39 Å². The van der Waals surface area contributed by atoms with Gasteiger partial charge in [0.2, 0.25) is 0 Å². The molecule has 0 saturated carbocycles. The molecule has 2 atom stereocenters. The maximum atomic E-state index is 16.1. The smallest absolute Gasteiger partial charge is 0.490 e. The van der Waals surface area contributed by atoms with Gasteiger partial charge >= 0.3 is 18.2 Å². The van der Waals surface area contributed by atoms with Crippen LogP contribution in [0.1, 0.15) is 56.8 Å². The molecule has 1 aliphatic heterocycles. The van der Waals surface area contributed by atoms with Crippen molar-refractivity contribution in [1.82, 2.24) is 9.88 Å². The zero-order valence-corrected chi connectivity index (χ0v) is 31.8. The fourth-order valence-corrected chi connectivity index (χ4v) is 7.34. The molecule has 3 aromatic carbocycles. The molecular formula is C37H41F4N5O9S. The Labute approximate surface area is 320 Å². The van der Waals surface area contributed by atoms with Gasteiger partial charge in [0.25, 0.3) is 5.91 Å². The van der Waals surface area contributed by atoms with Crippen LogP contribution in [0.15, 0.2) is 71.9 Å². The van der Waals surface area contributed by atoms with Crippen molar-refractivity contribution in [2.24, 2.45) is 5.84 Å². The van der Waals surface area contributed by atoms with Crippen molar-refractivity contribution in [2.75, 3.05) is 37.7 Å². The number of carbonyl (C=O) groups is 3. The number of carbonyl (C=O) groups excluding carboxylic acids is 2. The van der Waals surface area contributed by atoms with Gasteiger partial charge in [0, 0.05) is 41.6 Å². The molecule has 5 rings (SSSR count). The number of hydrogen-bond donors (Lipinski definition) is 3. The van der Waals surface area contributed by atoms with Gasteiger partial charge in [-0.1, -0.05) is 6.07 Å². The van der Waals surface area contributed by atoms with Crippen molar-refractivity contribution in [3.05, 3.63) is 83.9 Å². The summed E-state index contributed by atoms with van der Waals surface area (Å²) in [5.41, 5.74) is 0.968. The molecule has 1 saturated heterocycles. The van der Waals surface area contributed by atoms with Gasteiger partial charge in [0.1, 0.15) is 5.82 Å². The summed E-state index contributed by atoms with van der Waals surface area (Å²) in [7, 11) is -1.23. The van der Waals surface area contributed by atoms with Gasteiger partial charge in [-0.15, -0.1) is 0 Å². The minimum Gasteiger partial charge on any atom is -0.493 e. The molecule has 14 nitrogen and oxygen atoms in total. The Bertz CT molecular complexity index is 2190. The highest BCUT2D eigenvalue weighted by Crippen LogP contribution is 2.42. The maximum Gasteiger partial charge on any atom is 0.490 e. The largest absolute Gasteiger partial charge is 0.493 e. The molecule has 1 aliphatic rings. The van der Waals surface area contributed by atoms with E-state index in [2.05, 4.69) is 10.3 Å². The number of aliphatic carboxylic acids is 1. The summed E-state index contributed by atoms with van der Waals surface area (Å²) in [6.45, 7) is 5.40. The van der Waals surface area contributed by atoms with Gasteiger partial charge in [-0.25, -0.2) is 28.2 Å². The number of carboxylic acids is 1. The quantitative estimate of drug-likeness (QED) is 0.0842. The molecular weight excluding hydrogens is 766 g/mol. The van der Waals surface area contributed by atoms with Crippen molar-refractivity contribution in [1.29, 1.82) is 0 Å². The summed E-state index contributed by atoms with van der Waals surface area (Å²) in [5, 5.41) is 11.8. The Morgan fingerprint density at radius 2 is 1.75 bits per heavy atom. The number of nitrogens with two attached hydrogens (primary N) is 1. The first-order valence-corrected chi connectivity index (χ1v) is 18.6.